The van der Waals surface area contributed by atoms with Gasteiger partial charge in [-0.3, -0.25) is 19.2 Å². The number of fused-ring (bicyclic) bond motifs is 3. The number of carbonyl (C=O) groups excluding carboxylic acids is 4. The highest BCUT2D eigenvalue weighted by molar-refractivity contribution is 6.17. The fourth-order valence-electron chi connectivity index (χ4n) is 9.91. The summed E-state index contributed by atoms with van der Waals surface area (Å²) >= 11 is 0. The van der Waals surface area contributed by atoms with Crippen LogP contribution in [0.4, 0.5) is 0 Å². The van der Waals surface area contributed by atoms with Crippen LogP contribution in [0.25, 0.3) is 0 Å². The molecule has 2 saturated carbocycles. The monoisotopic (exact) mass is 514 g/mol. The number of methoxy groups -OCH3 is 2. The van der Waals surface area contributed by atoms with Crippen LogP contribution < -0.4 is 0 Å². The van der Waals surface area contributed by atoms with Crippen molar-refractivity contribution in [3.8, 4) is 0 Å². The molecule has 1 unspecified atom stereocenters. The van der Waals surface area contributed by atoms with Gasteiger partial charge in [0.15, 0.2) is 11.2 Å². The molecule has 202 valence electrons. The van der Waals surface area contributed by atoms with Crippen molar-refractivity contribution in [1.29, 1.82) is 0 Å². The van der Waals surface area contributed by atoms with Gasteiger partial charge >= 0.3 is 17.9 Å². The molecule has 0 radical (unpaired) electrons. The number of hydrogen-bond acceptors (Lipinski definition) is 8. The first-order valence-electron chi connectivity index (χ1n) is 13.1. The number of Topliss-reactive ketones (excluding diaryl/α,β-unsaturated/α-hetero) is 1. The van der Waals surface area contributed by atoms with E-state index < -0.39 is 45.1 Å². The Morgan fingerprint density at radius 3 is 2.30 bits per heavy atom. The predicted molar refractivity (Wildman–Crippen MR) is 132 cm³/mol. The Labute approximate surface area is 218 Å². The van der Waals surface area contributed by atoms with Crippen LogP contribution >= 0.6 is 0 Å². The quantitative estimate of drug-likeness (QED) is 0.242. The second-order valence-electron chi connectivity index (χ2n) is 12.7. The molecule has 0 spiro atoms. The molecule has 0 aromatic rings. The minimum absolute atomic E-state index is 0.251. The van der Waals surface area contributed by atoms with Crippen LogP contribution in [0.5, 0.6) is 0 Å². The molecule has 1 heterocycles. The lowest BCUT2D eigenvalue weighted by Gasteiger charge is -2.66. The van der Waals surface area contributed by atoms with Crippen molar-refractivity contribution in [2.75, 3.05) is 14.2 Å². The summed E-state index contributed by atoms with van der Waals surface area (Å²) in [4.78, 5) is 54.2. The van der Waals surface area contributed by atoms with E-state index >= 15 is 0 Å². The Bertz CT molecular complexity index is 1190. The van der Waals surface area contributed by atoms with Gasteiger partial charge in [-0.15, -0.1) is 0 Å². The Morgan fingerprint density at radius 2 is 1.73 bits per heavy atom. The van der Waals surface area contributed by atoms with Crippen LogP contribution in [0.15, 0.2) is 23.0 Å². The zero-order valence-corrected chi connectivity index (χ0v) is 23.3. The third-order valence-corrected chi connectivity index (χ3v) is 11.2. The first-order chi connectivity index (χ1) is 17.1. The van der Waals surface area contributed by atoms with Gasteiger partial charge in [0, 0.05) is 35.2 Å². The third-order valence-electron chi connectivity index (χ3n) is 11.2. The Kier molecular flexibility index (Phi) is 5.25. The van der Waals surface area contributed by atoms with E-state index in [4.69, 9.17) is 18.9 Å². The summed E-state index contributed by atoms with van der Waals surface area (Å²) in [6, 6.07) is 0. The van der Waals surface area contributed by atoms with Crippen LogP contribution in [0, 0.1) is 38.9 Å². The standard InChI is InChI=1S/C29H38O8/c1-14-12-18-26(6,29(24(33)35-9)21(31)15(2)22(34-8)27(14,29)7)13-17-20-25(4,5)19(36-16(3)30)10-11-28(18,20)23(32)37-17/h12,17-20H,10-11,13H2,1-9H3/t17-,18-,19-,20?,26-,27-,28+,29+/m0/s1. The van der Waals surface area contributed by atoms with Gasteiger partial charge in [0.1, 0.15) is 18.0 Å². The van der Waals surface area contributed by atoms with E-state index in [-0.39, 0.29) is 29.7 Å². The molecule has 0 aromatic carbocycles. The minimum Gasteiger partial charge on any atom is -0.500 e. The molecule has 1 aliphatic heterocycles. The minimum atomic E-state index is -1.62. The van der Waals surface area contributed by atoms with Crippen molar-refractivity contribution in [1.82, 2.24) is 0 Å². The normalized spacial score (nSPS) is 45.3. The average molecular weight is 515 g/mol. The van der Waals surface area contributed by atoms with Gasteiger partial charge in [-0.1, -0.05) is 32.4 Å². The summed E-state index contributed by atoms with van der Waals surface area (Å²) in [5, 5.41) is 0. The average Bonchev–Trinajstić information content (AvgIpc) is 3.16. The number of allylic oxidation sites excluding steroid dienone is 3. The molecule has 2 bridgehead atoms. The number of esters is 3. The van der Waals surface area contributed by atoms with Crippen molar-refractivity contribution >= 4 is 23.7 Å². The molecule has 8 atom stereocenters. The first kappa shape index (κ1) is 26.0. The van der Waals surface area contributed by atoms with E-state index in [9.17, 15) is 19.2 Å². The van der Waals surface area contributed by atoms with E-state index in [0.29, 0.717) is 30.6 Å². The van der Waals surface area contributed by atoms with Crippen LogP contribution in [-0.4, -0.2) is 50.1 Å². The number of carbonyl (C=O) groups is 4. The van der Waals surface area contributed by atoms with Gasteiger partial charge in [0.2, 0.25) is 0 Å². The fraction of sp³-hybridized carbons (Fsp3) is 0.724. The van der Waals surface area contributed by atoms with E-state index in [0.717, 1.165) is 5.57 Å². The van der Waals surface area contributed by atoms with Crippen LogP contribution in [0.2, 0.25) is 0 Å². The molecule has 5 rings (SSSR count). The molecule has 5 aliphatic rings. The van der Waals surface area contributed by atoms with E-state index in [2.05, 4.69) is 6.08 Å². The SMILES string of the molecule is COC(=O)[C@@]12C(=O)C(C)=C(OC)[C@]1(C)C(C)=C[C@@H]1[C@]34CC[C@H](OC(C)=O)C(C)(C)C3[C@H](C[C@@]12C)OC4=O. The van der Waals surface area contributed by atoms with E-state index in [1.54, 1.807) is 6.92 Å². The van der Waals surface area contributed by atoms with Gasteiger partial charge in [-0.25, -0.2) is 0 Å². The molecular weight excluding hydrogens is 476 g/mol. The topological polar surface area (TPSA) is 105 Å². The second kappa shape index (κ2) is 7.48. The lowest BCUT2D eigenvalue weighted by molar-refractivity contribution is -0.216. The van der Waals surface area contributed by atoms with Crippen LogP contribution in [0.3, 0.4) is 0 Å². The predicted octanol–water partition coefficient (Wildman–Crippen LogP) is 3.92. The molecule has 1 saturated heterocycles. The highest BCUT2D eigenvalue weighted by atomic mass is 16.6. The molecule has 0 aromatic heterocycles. The molecular formula is C29H38O8. The van der Waals surface area contributed by atoms with Gasteiger partial charge < -0.3 is 18.9 Å². The zero-order chi connectivity index (χ0) is 27.5. The number of hydrogen-bond donors (Lipinski definition) is 0. The largest absolute Gasteiger partial charge is 0.500 e. The summed E-state index contributed by atoms with van der Waals surface area (Å²) in [7, 11) is 2.84. The van der Waals surface area contributed by atoms with Crippen LogP contribution in [-0.2, 0) is 38.1 Å². The summed E-state index contributed by atoms with van der Waals surface area (Å²) in [5.41, 5.74) is -4.01. The first-order valence-corrected chi connectivity index (χ1v) is 13.1. The maximum Gasteiger partial charge on any atom is 0.321 e. The van der Waals surface area contributed by atoms with Gasteiger partial charge in [-0.2, -0.15) is 0 Å². The van der Waals surface area contributed by atoms with Crippen molar-refractivity contribution in [2.45, 2.75) is 79.9 Å². The van der Waals surface area contributed by atoms with Gasteiger partial charge in [0.05, 0.1) is 25.0 Å². The molecule has 0 amide bonds. The summed E-state index contributed by atoms with van der Waals surface area (Å²) in [5.74, 6) is -1.81. The molecule has 0 N–H and O–H groups in total. The Morgan fingerprint density at radius 1 is 1.08 bits per heavy atom. The van der Waals surface area contributed by atoms with Crippen LogP contribution in [0.1, 0.15) is 67.7 Å². The van der Waals surface area contributed by atoms with Crippen molar-refractivity contribution in [3.63, 3.8) is 0 Å². The highest BCUT2D eigenvalue weighted by Crippen LogP contribution is 2.79. The summed E-state index contributed by atoms with van der Waals surface area (Å²) < 4.78 is 23.1. The van der Waals surface area contributed by atoms with Gasteiger partial charge in [-0.05, 0) is 40.0 Å². The maximum atomic E-state index is 14.4. The molecule has 8 nitrogen and oxygen atoms in total. The maximum absolute atomic E-state index is 14.4. The summed E-state index contributed by atoms with van der Waals surface area (Å²) in [6.45, 7) is 12.9. The zero-order valence-electron chi connectivity index (χ0n) is 23.3. The Balaban J connectivity index is 1.80. The Hall–Kier alpha value is -2.64. The number of rotatable bonds is 3. The number of ether oxygens (including phenoxy) is 4. The number of ketones is 1. The second-order valence-corrected chi connectivity index (χ2v) is 12.7. The smallest absolute Gasteiger partial charge is 0.321 e. The lowest BCUT2D eigenvalue weighted by Crippen LogP contribution is -2.71. The lowest BCUT2D eigenvalue weighted by atomic mass is 9.33. The third kappa shape index (κ3) is 2.51. The molecule has 8 heteroatoms. The van der Waals surface area contributed by atoms with E-state index in [1.165, 1.54) is 21.1 Å². The summed E-state index contributed by atoms with van der Waals surface area (Å²) in [6.07, 6.45) is 2.42. The fourth-order valence-corrected chi connectivity index (χ4v) is 9.91. The molecule has 4 aliphatic carbocycles. The molecule has 3 fully saturated rings. The van der Waals surface area contributed by atoms with Crippen molar-refractivity contribution < 1.29 is 38.1 Å². The van der Waals surface area contributed by atoms with Gasteiger partial charge in [0.25, 0.3) is 0 Å². The van der Waals surface area contributed by atoms with E-state index in [1.807, 2.05) is 34.6 Å². The van der Waals surface area contributed by atoms with Crippen molar-refractivity contribution in [3.05, 3.63) is 23.0 Å². The highest BCUT2D eigenvalue weighted by Gasteiger charge is 2.85. The van der Waals surface area contributed by atoms with Crippen molar-refractivity contribution in [2.24, 2.45) is 38.9 Å². The molecule has 37 heavy (non-hydrogen) atoms.